The smallest absolute Gasteiger partial charge is 0.255 e. The van der Waals surface area contributed by atoms with Gasteiger partial charge in [0.1, 0.15) is 5.75 Å². The molecule has 3 rings (SSSR count). The number of aromatic nitrogens is 1. The largest absolute Gasteiger partial charge is 0.497 e. The molecule has 1 aliphatic carbocycles. The summed E-state index contributed by atoms with van der Waals surface area (Å²) in [7, 11) is 3.55. The van der Waals surface area contributed by atoms with Crippen LogP contribution in [-0.2, 0) is 18.9 Å². The number of benzene rings is 1. The molecule has 0 spiro atoms. The molecule has 1 aromatic carbocycles. The normalized spacial score (nSPS) is 15.0. The van der Waals surface area contributed by atoms with Crippen molar-refractivity contribution in [3.63, 3.8) is 0 Å². The minimum atomic E-state index is -0.165. The maximum atomic E-state index is 13.0. The lowest BCUT2D eigenvalue weighted by Gasteiger charge is -2.34. The lowest BCUT2D eigenvalue weighted by molar-refractivity contribution is 0.414. The first-order valence-electron chi connectivity index (χ1n) is 7.93. The number of rotatable bonds is 3. The van der Waals surface area contributed by atoms with Gasteiger partial charge in [0.25, 0.3) is 5.56 Å². The average Bonchev–Trinajstić information content (AvgIpc) is 2.51. The summed E-state index contributed by atoms with van der Waals surface area (Å²) in [6, 6.07) is 8.36. The maximum absolute atomic E-state index is 13.0. The fourth-order valence-corrected chi connectivity index (χ4v) is 4.25. The highest BCUT2D eigenvalue weighted by Crippen LogP contribution is 2.43. The molecule has 4 heteroatoms. The van der Waals surface area contributed by atoms with E-state index in [-0.39, 0.29) is 11.0 Å². The molecule has 0 saturated heterocycles. The summed E-state index contributed by atoms with van der Waals surface area (Å²) in [5.74, 6) is 1.78. The van der Waals surface area contributed by atoms with E-state index in [1.54, 1.807) is 23.4 Å². The number of methoxy groups -OCH3 is 1. The van der Waals surface area contributed by atoms with Crippen LogP contribution in [0.3, 0.4) is 0 Å². The second-order valence-electron chi connectivity index (χ2n) is 6.65. The Morgan fingerprint density at radius 3 is 2.65 bits per heavy atom. The highest BCUT2D eigenvalue weighted by atomic mass is 32.2. The predicted octanol–water partition coefficient (Wildman–Crippen LogP) is 4.01. The Morgan fingerprint density at radius 2 is 2.00 bits per heavy atom. The van der Waals surface area contributed by atoms with E-state index in [2.05, 4.69) is 39.0 Å². The molecule has 23 heavy (non-hydrogen) atoms. The Bertz CT molecular complexity index is 821. The monoisotopic (exact) mass is 329 g/mol. The molecule has 0 aliphatic heterocycles. The molecule has 3 nitrogen and oxygen atoms in total. The van der Waals surface area contributed by atoms with Gasteiger partial charge in [-0.2, -0.15) is 0 Å². The van der Waals surface area contributed by atoms with Gasteiger partial charge in [-0.05, 0) is 52.5 Å². The molecule has 0 radical (unpaired) electrons. The zero-order chi connectivity index (χ0) is 16.8. The van der Waals surface area contributed by atoms with Crippen molar-refractivity contribution in [1.29, 1.82) is 0 Å². The third-order valence-electron chi connectivity index (χ3n) is 4.59. The fraction of sp³-hybridized carbons (Fsp3) is 0.421. The van der Waals surface area contributed by atoms with Gasteiger partial charge in [0.05, 0.1) is 12.1 Å². The molecule has 1 aliphatic rings. The van der Waals surface area contributed by atoms with Crippen LogP contribution in [0.25, 0.3) is 11.1 Å². The maximum Gasteiger partial charge on any atom is 0.255 e. The molecule has 0 fully saturated rings. The van der Waals surface area contributed by atoms with Gasteiger partial charge in [-0.1, -0.05) is 26.8 Å². The van der Waals surface area contributed by atoms with Crippen molar-refractivity contribution in [3.05, 3.63) is 45.7 Å². The number of thioether (sulfide) groups is 1. The molecule has 1 aromatic heterocycles. The van der Waals surface area contributed by atoms with Crippen molar-refractivity contribution >= 4 is 11.8 Å². The van der Waals surface area contributed by atoms with Crippen molar-refractivity contribution in [2.24, 2.45) is 7.05 Å². The summed E-state index contributed by atoms with van der Waals surface area (Å²) in [5, 5.41) is 1.02. The standard InChI is InChI=1S/C19H23NO2S/c1-6-23-16-10-15-14-9-13(22-5)8-7-12(14)11-19(2,3)17(15)18(21)20(16)4/h7-10H,6,11H2,1-5H3. The first-order valence-corrected chi connectivity index (χ1v) is 8.92. The quantitative estimate of drug-likeness (QED) is 0.797. The van der Waals surface area contributed by atoms with E-state index in [1.165, 1.54) is 5.56 Å². The van der Waals surface area contributed by atoms with Gasteiger partial charge in [0.2, 0.25) is 0 Å². The molecule has 0 N–H and O–H groups in total. The third-order valence-corrected chi connectivity index (χ3v) is 5.57. The SMILES string of the molecule is CCSc1cc2c(c(=O)n1C)C(C)(C)Cc1ccc(OC)cc1-2. The van der Waals surface area contributed by atoms with Crippen molar-refractivity contribution in [2.45, 2.75) is 37.6 Å². The van der Waals surface area contributed by atoms with E-state index in [1.807, 2.05) is 13.1 Å². The highest BCUT2D eigenvalue weighted by Gasteiger charge is 2.34. The summed E-state index contributed by atoms with van der Waals surface area (Å²) in [5.41, 5.74) is 4.35. The van der Waals surface area contributed by atoms with Crippen molar-refractivity contribution in [3.8, 4) is 16.9 Å². The summed E-state index contributed by atoms with van der Waals surface area (Å²) in [4.78, 5) is 13.0. The Balaban J connectivity index is 2.35. The van der Waals surface area contributed by atoms with E-state index in [9.17, 15) is 4.79 Å². The van der Waals surface area contributed by atoms with Gasteiger partial charge in [-0.3, -0.25) is 4.79 Å². The van der Waals surface area contributed by atoms with Crippen LogP contribution in [0.2, 0.25) is 0 Å². The van der Waals surface area contributed by atoms with Gasteiger partial charge in [-0.15, -0.1) is 11.8 Å². The molecule has 1 heterocycles. The number of hydrogen-bond donors (Lipinski definition) is 0. The molecule has 0 bridgehead atoms. The first kappa shape index (κ1) is 16.2. The molecule has 0 saturated carbocycles. The number of pyridine rings is 1. The second kappa shape index (κ2) is 5.75. The summed E-state index contributed by atoms with van der Waals surface area (Å²) < 4.78 is 7.18. The molecule has 2 aromatic rings. The van der Waals surface area contributed by atoms with E-state index in [0.29, 0.717) is 0 Å². The average molecular weight is 329 g/mol. The van der Waals surface area contributed by atoms with Crippen LogP contribution in [-0.4, -0.2) is 17.4 Å². The number of fused-ring (bicyclic) bond motifs is 3. The topological polar surface area (TPSA) is 31.2 Å². The van der Waals surface area contributed by atoms with E-state index in [0.717, 1.165) is 39.6 Å². The van der Waals surface area contributed by atoms with Crippen LogP contribution in [0.1, 0.15) is 31.9 Å². The van der Waals surface area contributed by atoms with Gasteiger partial charge in [0, 0.05) is 12.6 Å². The minimum Gasteiger partial charge on any atom is -0.497 e. The van der Waals surface area contributed by atoms with Crippen molar-refractivity contribution < 1.29 is 4.74 Å². The van der Waals surface area contributed by atoms with Crippen molar-refractivity contribution in [2.75, 3.05) is 12.9 Å². The Labute approximate surface area is 141 Å². The summed E-state index contributed by atoms with van der Waals surface area (Å²) in [6.45, 7) is 6.43. The van der Waals surface area contributed by atoms with Crippen LogP contribution >= 0.6 is 11.8 Å². The predicted molar refractivity (Wildman–Crippen MR) is 96.8 cm³/mol. The first-order chi connectivity index (χ1) is 10.9. The van der Waals surface area contributed by atoms with Crippen molar-refractivity contribution in [1.82, 2.24) is 4.57 Å². The van der Waals surface area contributed by atoms with E-state index < -0.39 is 0 Å². The lowest BCUT2D eigenvalue weighted by atomic mass is 9.70. The van der Waals surface area contributed by atoms with Gasteiger partial charge in [0.15, 0.2) is 0 Å². The van der Waals surface area contributed by atoms with E-state index >= 15 is 0 Å². The van der Waals surface area contributed by atoms with Gasteiger partial charge in [-0.25, -0.2) is 0 Å². The van der Waals surface area contributed by atoms with Crippen LogP contribution in [0, 0.1) is 0 Å². The summed E-state index contributed by atoms with van der Waals surface area (Å²) >= 11 is 1.71. The van der Waals surface area contributed by atoms with Crippen LogP contribution in [0.4, 0.5) is 0 Å². The molecular formula is C19H23NO2S. The van der Waals surface area contributed by atoms with Crippen LogP contribution in [0.15, 0.2) is 34.1 Å². The fourth-order valence-electron chi connectivity index (χ4n) is 3.48. The number of nitrogens with zero attached hydrogens (tertiary/aromatic N) is 1. The van der Waals surface area contributed by atoms with Crippen LogP contribution in [0.5, 0.6) is 5.75 Å². The zero-order valence-corrected chi connectivity index (χ0v) is 15.2. The molecule has 122 valence electrons. The Morgan fingerprint density at radius 1 is 1.26 bits per heavy atom. The molecule has 0 amide bonds. The molecular weight excluding hydrogens is 306 g/mol. The van der Waals surface area contributed by atoms with Gasteiger partial charge >= 0.3 is 0 Å². The number of ether oxygens (including phenoxy) is 1. The van der Waals surface area contributed by atoms with E-state index in [4.69, 9.17) is 4.74 Å². The van der Waals surface area contributed by atoms with Crippen LogP contribution < -0.4 is 10.3 Å². The lowest BCUT2D eigenvalue weighted by Crippen LogP contribution is -2.36. The Kier molecular flexibility index (Phi) is 4.05. The second-order valence-corrected chi connectivity index (χ2v) is 7.94. The number of hydrogen-bond acceptors (Lipinski definition) is 3. The van der Waals surface area contributed by atoms with Gasteiger partial charge < -0.3 is 9.30 Å². The molecule has 0 atom stereocenters. The zero-order valence-electron chi connectivity index (χ0n) is 14.4. The highest BCUT2D eigenvalue weighted by molar-refractivity contribution is 7.99. The minimum absolute atomic E-state index is 0.122. The summed E-state index contributed by atoms with van der Waals surface area (Å²) in [6.07, 6.45) is 0.870. The third kappa shape index (κ3) is 2.59. The molecule has 0 unspecified atom stereocenters. The Hall–Kier alpha value is -1.68.